The molecule has 0 atom stereocenters. The normalized spacial score (nSPS) is 10.9. The molecule has 0 heterocycles. The molecule has 3 rings (SSSR count). The van der Waals surface area contributed by atoms with Gasteiger partial charge < -0.3 is 5.32 Å². The van der Waals surface area contributed by atoms with Gasteiger partial charge in [0.25, 0.3) is 0 Å². The molecule has 0 radical (unpaired) electrons. The lowest BCUT2D eigenvalue weighted by molar-refractivity contribution is 0.791. The summed E-state index contributed by atoms with van der Waals surface area (Å²) in [6.07, 6.45) is 16.9. The van der Waals surface area contributed by atoms with Crippen LogP contribution in [-0.4, -0.2) is 0 Å². The van der Waals surface area contributed by atoms with Crippen LogP contribution in [0.2, 0.25) is 0 Å². The van der Waals surface area contributed by atoms with Crippen molar-refractivity contribution >= 4 is 11.3 Å². The highest BCUT2D eigenvalue weighted by molar-refractivity contribution is 5.70. The number of unbranched alkanes of at least 4 members (excludes halogenated alkanes) is 2. The number of benzene rings is 3. The second kappa shape index (κ2) is 22.9. The molecule has 238 valence electrons. The first-order chi connectivity index (χ1) is 21.2. The lowest BCUT2D eigenvalue weighted by atomic mass is 9.97. The summed E-state index contributed by atoms with van der Waals surface area (Å²) in [5, 5.41) is 3.47. The van der Waals surface area contributed by atoms with Gasteiger partial charge >= 0.3 is 0 Å². The van der Waals surface area contributed by atoms with Crippen LogP contribution in [0.15, 0.2) is 109 Å². The molecule has 0 saturated heterocycles. The van der Waals surface area contributed by atoms with Gasteiger partial charge in [0.2, 0.25) is 0 Å². The number of allylic oxidation sites excluding steroid dienone is 5. The Morgan fingerprint density at radius 2 is 1.41 bits per heavy atom. The van der Waals surface area contributed by atoms with Crippen LogP contribution in [-0.2, 0) is 19.3 Å². The number of hydrogen-bond acceptors (Lipinski definition) is 1. The van der Waals surface area contributed by atoms with Crippen molar-refractivity contribution in [2.75, 3.05) is 5.32 Å². The van der Waals surface area contributed by atoms with E-state index in [1.54, 1.807) is 0 Å². The molecule has 44 heavy (non-hydrogen) atoms. The van der Waals surface area contributed by atoms with Crippen molar-refractivity contribution in [1.29, 1.82) is 0 Å². The Morgan fingerprint density at radius 3 is 2.00 bits per heavy atom. The van der Waals surface area contributed by atoms with Crippen LogP contribution in [0, 0.1) is 13.8 Å². The van der Waals surface area contributed by atoms with Gasteiger partial charge in [-0.15, -0.1) is 0 Å². The molecule has 0 saturated carbocycles. The van der Waals surface area contributed by atoms with Gasteiger partial charge in [-0.05, 0) is 117 Å². The summed E-state index contributed by atoms with van der Waals surface area (Å²) in [6.45, 7) is 25.7. The molecule has 0 fully saturated rings. The van der Waals surface area contributed by atoms with Crippen LogP contribution in [0.5, 0.6) is 0 Å². The van der Waals surface area contributed by atoms with Gasteiger partial charge in [-0.2, -0.15) is 0 Å². The molecular weight excluding hydrogens is 530 g/mol. The van der Waals surface area contributed by atoms with Crippen molar-refractivity contribution in [3.05, 3.63) is 143 Å². The lowest BCUT2D eigenvalue weighted by Crippen LogP contribution is -2.02. The fourth-order valence-corrected chi connectivity index (χ4v) is 4.43. The molecule has 1 heteroatoms. The van der Waals surface area contributed by atoms with E-state index in [0.717, 1.165) is 42.6 Å². The Morgan fingerprint density at radius 1 is 0.750 bits per heavy atom. The third-order valence-corrected chi connectivity index (χ3v) is 7.88. The maximum atomic E-state index is 4.34. The number of anilines is 1. The lowest BCUT2D eigenvalue weighted by Gasteiger charge is -2.15. The van der Waals surface area contributed by atoms with Crippen LogP contribution in [0.4, 0.5) is 5.69 Å². The molecule has 3 aromatic carbocycles. The summed E-state index contributed by atoms with van der Waals surface area (Å²) in [4.78, 5) is 0. The van der Waals surface area contributed by atoms with E-state index >= 15 is 0 Å². The highest BCUT2D eigenvalue weighted by Gasteiger charge is 2.06. The Hall–Kier alpha value is -3.58. The minimum absolute atomic E-state index is 0.921. The quantitative estimate of drug-likeness (QED) is 0.184. The van der Waals surface area contributed by atoms with Crippen molar-refractivity contribution in [2.45, 2.75) is 113 Å². The van der Waals surface area contributed by atoms with E-state index in [1.165, 1.54) is 71.1 Å². The number of aryl methyl sites for hydroxylation is 5. The van der Waals surface area contributed by atoms with Crippen LogP contribution in [0.1, 0.15) is 113 Å². The third kappa shape index (κ3) is 15.2. The summed E-state index contributed by atoms with van der Waals surface area (Å²) in [5.74, 6) is 0. The zero-order valence-corrected chi connectivity index (χ0v) is 29.4. The summed E-state index contributed by atoms with van der Waals surface area (Å²) in [5.41, 5.74) is 12.5. The van der Waals surface area contributed by atoms with Gasteiger partial charge in [0.15, 0.2) is 0 Å². The third-order valence-electron chi connectivity index (χ3n) is 7.88. The summed E-state index contributed by atoms with van der Waals surface area (Å²) >= 11 is 0. The number of nitrogens with one attached hydrogen (secondary N) is 1. The second-order valence-electron chi connectivity index (χ2n) is 11.7. The Balaban J connectivity index is 0.000000530. The first kappa shape index (κ1) is 38.4. The Kier molecular flexibility index (Phi) is 20.0. The molecule has 1 nitrogen and oxygen atoms in total. The van der Waals surface area contributed by atoms with Gasteiger partial charge in [0.05, 0.1) is 0 Å². The molecular formula is C43H61N. The second-order valence-corrected chi connectivity index (χ2v) is 11.7. The molecule has 3 aromatic rings. The van der Waals surface area contributed by atoms with Crippen LogP contribution < -0.4 is 5.32 Å². The highest BCUT2D eigenvalue weighted by atomic mass is 14.9. The van der Waals surface area contributed by atoms with Crippen molar-refractivity contribution < 1.29 is 0 Å². The van der Waals surface area contributed by atoms with Crippen molar-refractivity contribution in [3.8, 4) is 0 Å². The summed E-state index contributed by atoms with van der Waals surface area (Å²) in [6, 6.07) is 24.1. The fourth-order valence-electron chi connectivity index (χ4n) is 4.43. The van der Waals surface area contributed by atoms with E-state index in [0.29, 0.717) is 0 Å². The molecule has 0 aliphatic rings. The molecule has 1 N–H and O–H groups in total. The zero-order valence-electron chi connectivity index (χ0n) is 29.4. The van der Waals surface area contributed by atoms with E-state index in [9.17, 15) is 0 Å². The maximum Gasteiger partial charge on any atom is 0.0419 e. The van der Waals surface area contributed by atoms with Crippen molar-refractivity contribution in [2.24, 2.45) is 0 Å². The minimum Gasteiger partial charge on any atom is -0.356 e. The molecule has 0 spiro atoms. The average molecular weight is 592 g/mol. The van der Waals surface area contributed by atoms with Crippen molar-refractivity contribution in [3.63, 3.8) is 0 Å². The SMILES string of the molecule is C=C(Nc1cc(C(=C)CCCc2ccc(CC)cc2)ccc1C)/C(C)=C/C=C\C.CCCC.CCCCc1ccccc1C. The van der Waals surface area contributed by atoms with E-state index in [-0.39, 0.29) is 0 Å². The number of hydrogen-bond donors (Lipinski definition) is 1. The zero-order chi connectivity index (χ0) is 32.7. The predicted molar refractivity (Wildman–Crippen MR) is 201 cm³/mol. The van der Waals surface area contributed by atoms with Gasteiger partial charge in [-0.25, -0.2) is 0 Å². The summed E-state index contributed by atoms with van der Waals surface area (Å²) < 4.78 is 0. The topological polar surface area (TPSA) is 12.0 Å². The van der Waals surface area contributed by atoms with E-state index < -0.39 is 0 Å². The molecule has 0 aliphatic carbocycles. The van der Waals surface area contributed by atoms with Crippen LogP contribution >= 0.6 is 0 Å². The van der Waals surface area contributed by atoms with E-state index in [2.05, 4.69) is 140 Å². The maximum absolute atomic E-state index is 4.34. The fraction of sp³-hybridized carbons (Fsp3) is 0.395. The monoisotopic (exact) mass is 591 g/mol. The van der Waals surface area contributed by atoms with Crippen LogP contribution in [0.3, 0.4) is 0 Å². The standard InChI is InChI=1S/C28H35N.C11H16.C4H10/c1-7-9-11-21(3)24(6)29-28-20-27(19-14-23(28)5)22(4)12-10-13-26-17-15-25(8-2)16-18-26;1-3-4-8-11-9-6-5-7-10(11)2;1-3-4-2/h7,9,11,14-20,29H,4,6,8,10,12-13H2,1-3,5H3;5-7,9H,3-4,8H2,1-2H3;3-4H2,1-2H3/b9-7-,21-11+;;. The molecule has 0 bridgehead atoms. The molecule has 0 aliphatic heterocycles. The Labute approximate surface area is 271 Å². The first-order valence-electron chi connectivity index (χ1n) is 16.9. The Bertz CT molecular complexity index is 1300. The molecule has 0 unspecified atom stereocenters. The molecule has 0 amide bonds. The molecule has 0 aromatic heterocycles. The smallest absolute Gasteiger partial charge is 0.0419 e. The first-order valence-corrected chi connectivity index (χ1v) is 16.9. The predicted octanol–water partition coefficient (Wildman–Crippen LogP) is 13.2. The number of rotatable bonds is 14. The van der Waals surface area contributed by atoms with Crippen molar-refractivity contribution in [1.82, 2.24) is 0 Å². The summed E-state index contributed by atoms with van der Waals surface area (Å²) in [7, 11) is 0. The van der Waals surface area contributed by atoms with E-state index in [4.69, 9.17) is 0 Å². The van der Waals surface area contributed by atoms with Crippen LogP contribution in [0.25, 0.3) is 5.57 Å². The van der Waals surface area contributed by atoms with Gasteiger partial charge in [-0.3, -0.25) is 0 Å². The van der Waals surface area contributed by atoms with Gasteiger partial charge in [0, 0.05) is 11.4 Å². The van der Waals surface area contributed by atoms with Gasteiger partial charge in [0.1, 0.15) is 0 Å². The largest absolute Gasteiger partial charge is 0.356 e. The minimum atomic E-state index is 0.921. The van der Waals surface area contributed by atoms with Gasteiger partial charge in [-0.1, -0.05) is 139 Å². The average Bonchev–Trinajstić information content (AvgIpc) is 3.04. The van der Waals surface area contributed by atoms with E-state index in [1.807, 2.05) is 19.1 Å². The highest BCUT2D eigenvalue weighted by Crippen LogP contribution is 2.26.